The van der Waals surface area contributed by atoms with Crippen LogP contribution in [-0.4, -0.2) is 18.1 Å². The number of ether oxygens (including phenoxy) is 1. The lowest BCUT2D eigenvalue weighted by atomic mass is 10.2. The Morgan fingerprint density at radius 2 is 2.08 bits per heavy atom. The minimum atomic E-state index is 0.627. The van der Waals surface area contributed by atoms with Gasteiger partial charge in [-0.15, -0.1) is 0 Å². The van der Waals surface area contributed by atoms with Crippen LogP contribution in [0.1, 0.15) is 12.2 Å². The Morgan fingerprint density at radius 1 is 1.16 bits per heavy atom. The third-order valence-corrected chi connectivity index (χ3v) is 4.35. The lowest BCUT2D eigenvalue weighted by molar-refractivity contribution is 0.296. The smallest absolute Gasteiger partial charge is 0.213 e. The molecule has 0 aliphatic rings. The largest absolute Gasteiger partial charge is 0.478 e. The molecule has 25 heavy (non-hydrogen) atoms. The Bertz CT molecular complexity index is 808. The number of hydrogen-bond donors (Lipinski definition) is 1. The molecule has 0 unspecified atom stereocenters. The molecule has 0 aliphatic carbocycles. The van der Waals surface area contributed by atoms with E-state index in [-0.39, 0.29) is 0 Å². The SMILES string of the molecule is Clc1cc(Br)ccc1-c1ccc(CNCCCOc2ccccn2)o1. The van der Waals surface area contributed by atoms with Crippen molar-refractivity contribution >= 4 is 27.5 Å². The number of nitrogens with zero attached hydrogens (tertiary/aromatic N) is 1. The molecule has 3 rings (SSSR count). The third kappa shape index (κ3) is 5.33. The Labute approximate surface area is 160 Å². The second kappa shape index (κ2) is 9.04. The average molecular weight is 422 g/mol. The van der Waals surface area contributed by atoms with Crippen LogP contribution in [0.3, 0.4) is 0 Å². The van der Waals surface area contributed by atoms with Crippen molar-refractivity contribution in [3.63, 3.8) is 0 Å². The molecule has 0 bridgehead atoms. The fourth-order valence-electron chi connectivity index (χ4n) is 2.32. The van der Waals surface area contributed by atoms with Gasteiger partial charge in [-0.3, -0.25) is 0 Å². The Balaban J connectivity index is 1.41. The lowest BCUT2D eigenvalue weighted by Gasteiger charge is -2.05. The van der Waals surface area contributed by atoms with Gasteiger partial charge in [0, 0.05) is 22.3 Å². The summed E-state index contributed by atoms with van der Waals surface area (Å²) in [5, 5.41) is 4.00. The summed E-state index contributed by atoms with van der Waals surface area (Å²) in [5.41, 5.74) is 0.889. The fourth-order valence-corrected chi connectivity index (χ4v) is 3.09. The molecule has 6 heteroatoms. The molecule has 0 aliphatic heterocycles. The summed E-state index contributed by atoms with van der Waals surface area (Å²) in [6.45, 7) is 2.13. The van der Waals surface area contributed by atoms with Crippen LogP contribution in [0.5, 0.6) is 5.88 Å². The first-order valence-corrected chi connectivity index (χ1v) is 9.18. The molecule has 130 valence electrons. The standard InChI is InChI=1S/C19H18BrClN2O2/c20-14-5-7-16(17(21)12-14)18-8-6-15(25-18)13-22-9-3-11-24-19-4-1-2-10-23-19/h1-2,4-8,10,12,22H,3,9,11,13H2. The highest BCUT2D eigenvalue weighted by atomic mass is 79.9. The second-order valence-electron chi connectivity index (χ2n) is 5.44. The number of hydrogen-bond acceptors (Lipinski definition) is 4. The maximum Gasteiger partial charge on any atom is 0.213 e. The molecule has 0 saturated carbocycles. The quantitative estimate of drug-likeness (QED) is 0.500. The molecule has 1 N–H and O–H groups in total. The van der Waals surface area contributed by atoms with Gasteiger partial charge in [-0.05, 0) is 49.4 Å². The predicted molar refractivity (Wildman–Crippen MR) is 103 cm³/mol. The van der Waals surface area contributed by atoms with Crippen LogP contribution in [0.25, 0.3) is 11.3 Å². The minimum absolute atomic E-state index is 0.627. The molecule has 2 heterocycles. The topological polar surface area (TPSA) is 47.3 Å². The molecule has 0 saturated heterocycles. The summed E-state index contributed by atoms with van der Waals surface area (Å²) in [4.78, 5) is 4.12. The van der Waals surface area contributed by atoms with Crippen LogP contribution >= 0.6 is 27.5 Å². The van der Waals surface area contributed by atoms with Crippen molar-refractivity contribution < 1.29 is 9.15 Å². The normalized spacial score (nSPS) is 10.8. The van der Waals surface area contributed by atoms with Gasteiger partial charge in [0.2, 0.25) is 5.88 Å². The van der Waals surface area contributed by atoms with Crippen molar-refractivity contribution in [1.82, 2.24) is 10.3 Å². The van der Waals surface area contributed by atoms with E-state index < -0.39 is 0 Å². The summed E-state index contributed by atoms with van der Waals surface area (Å²) < 4.78 is 12.4. The van der Waals surface area contributed by atoms with Gasteiger partial charge in [-0.1, -0.05) is 33.6 Å². The molecule has 0 amide bonds. The van der Waals surface area contributed by atoms with Gasteiger partial charge in [0.05, 0.1) is 18.2 Å². The van der Waals surface area contributed by atoms with Gasteiger partial charge in [0.25, 0.3) is 0 Å². The Kier molecular flexibility index (Phi) is 6.50. The van der Waals surface area contributed by atoms with E-state index in [1.54, 1.807) is 6.20 Å². The molecule has 0 radical (unpaired) electrons. The summed E-state index contributed by atoms with van der Waals surface area (Å²) in [5.74, 6) is 2.30. The van der Waals surface area contributed by atoms with Gasteiger partial charge in [-0.2, -0.15) is 0 Å². The molecular formula is C19H18BrClN2O2. The molecule has 2 aromatic heterocycles. The van der Waals surface area contributed by atoms with E-state index in [1.807, 2.05) is 48.5 Å². The summed E-state index contributed by atoms with van der Waals surface area (Å²) in [6, 6.07) is 15.3. The van der Waals surface area contributed by atoms with E-state index >= 15 is 0 Å². The number of nitrogens with one attached hydrogen (secondary N) is 1. The van der Waals surface area contributed by atoms with Crippen LogP contribution in [0.15, 0.2) is 63.6 Å². The number of furan rings is 1. The third-order valence-electron chi connectivity index (χ3n) is 3.54. The highest BCUT2D eigenvalue weighted by Crippen LogP contribution is 2.31. The predicted octanol–water partition coefficient (Wildman–Crippen LogP) is 5.32. The van der Waals surface area contributed by atoms with Crippen molar-refractivity contribution in [2.24, 2.45) is 0 Å². The highest BCUT2D eigenvalue weighted by Gasteiger charge is 2.09. The maximum atomic E-state index is 6.26. The van der Waals surface area contributed by atoms with E-state index in [1.165, 1.54) is 0 Å². The van der Waals surface area contributed by atoms with E-state index in [9.17, 15) is 0 Å². The van der Waals surface area contributed by atoms with Crippen molar-refractivity contribution in [2.75, 3.05) is 13.2 Å². The molecular weight excluding hydrogens is 404 g/mol. The van der Waals surface area contributed by atoms with Crippen LogP contribution < -0.4 is 10.1 Å². The molecule has 0 atom stereocenters. The van der Waals surface area contributed by atoms with E-state index in [2.05, 4.69) is 26.2 Å². The molecule has 4 nitrogen and oxygen atoms in total. The zero-order valence-corrected chi connectivity index (χ0v) is 15.9. The number of halogens is 2. The molecule has 0 spiro atoms. The second-order valence-corrected chi connectivity index (χ2v) is 6.76. The van der Waals surface area contributed by atoms with Gasteiger partial charge in [0.15, 0.2) is 0 Å². The van der Waals surface area contributed by atoms with E-state index in [0.717, 1.165) is 34.5 Å². The Hall–Kier alpha value is -1.82. The van der Waals surface area contributed by atoms with E-state index in [4.69, 9.17) is 20.8 Å². The molecule has 1 aromatic carbocycles. The first-order chi connectivity index (χ1) is 12.2. The van der Waals surface area contributed by atoms with Crippen molar-refractivity contribution in [1.29, 1.82) is 0 Å². The van der Waals surface area contributed by atoms with Crippen LogP contribution in [-0.2, 0) is 6.54 Å². The van der Waals surface area contributed by atoms with Gasteiger partial charge < -0.3 is 14.5 Å². The number of aromatic nitrogens is 1. The number of rotatable bonds is 8. The zero-order valence-electron chi connectivity index (χ0n) is 13.5. The molecule has 3 aromatic rings. The van der Waals surface area contributed by atoms with Gasteiger partial charge in [-0.25, -0.2) is 4.98 Å². The maximum absolute atomic E-state index is 6.26. The van der Waals surface area contributed by atoms with Crippen molar-refractivity contribution in [3.8, 4) is 17.2 Å². The molecule has 0 fully saturated rings. The van der Waals surface area contributed by atoms with Crippen LogP contribution in [0.2, 0.25) is 5.02 Å². The summed E-state index contributed by atoms with van der Waals surface area (Å²) in [7, 11) is 0. The monoisotopic (exact) mass is 420 g/mol. The van der Waals surface area contributed by atoms with Crippen LogP contribution in [0, 0.1) is 0 Å². The van der Waals surface area contributed by atoms with Gasteiger partial charge >= 0.3 is 0 Å². The average Bonchev–Trinajstić information content (AvgIpc) is 3.07. The van der Waals surface area contributed by atoms with Crippen molar-refractivity contribution in [3.05, 3.63) is 70.0 Å². The first kappa shape index (κ1) is 18.0. The number of pyridine rings is 1. The zero-order chi connectivity index (χ0) is 17.5. The first-order valence-electron chi connectivity index (χ1n) is 8.01. The minimum Gasteiger partial charge on any atom is -0.478 e. The number of benzene rings is 1. The highest BCUT2D eigenvalue weighted by molar-refractivity contribution is 9.10. The Morgan fingerprint density at radius 3 is 2.88 bits per heavy atom. The van der Waals surface area contributed by atoms with Gasteiger partial charge in [0.1, 0.15) is 11.5 Å². The van der Waals surface area contributed by atoms with E-state index in [0.29, 0.717) is 24.1 Å². The fraction of sp³-hybridized carbons (Fsp3) is 0.211. The van der Waals surface area contributed by atoms with Crippen LogP contribution in [0.4, 0.5) is 0 Å². The summed E-state index contributed by atoms with van der Waals surface area (Å²) >= 11 is 9.67. The summed E-state index contributed by atoms with van der Waals surface area (Å²) in [6.07, 6.45) is 2.61. The lowest BCUT2D eigenvalue weighted by Crippen LogP contribution is -2.16. The van der Waals surface area contributed by atoms with Crippen molar-refractivity contribution in [2.45, 2.75) is 13.0 Å².